The molecule has 1 heterocycles. The van der Waals surface area contributed by atoms with Crippen LogP contribution in [0.15, 0.2) is 59.4 Å². The van der Waals surface area contributed by atoms with Gasteiger partial charge < -0.3 is 9.30 Å². The number of nitriles is 1. The highest BCUT2D eigenvalue weighted by Crippen LogP contribution is 2.34. The number of hydrogen-bond donors (Lipinski definition) is 0. The topological polar surface area (TPSA) is 55.0 Å². The standard InChI is InChI=1S/C30H33F3N2O2/c1-3-4-5-6-7-8-16-37-21-24-14-12-23(13-15-24)20-35-28(25-11-9-10-22(2)17-25)18-27(30(31,32)33)26(19-34)29(35)36/h9-15,17-18H,3-8,16,20-21H2,1-2H3. The Morgan fingerprint density at radius 1 is 0.946 bits per heavy atom. The molecular weight excluding hydrogens is 477 g/mol. The minimum atomic E-state index is -4.82. The Balaban J connectivity index is 1.80. The molecule has 0 aliphatic rings. The van der Waals surface area contributed by atoms with Crippen molar-refractivity contribution in [1.82, 2.24) is 4.57 Å². The molecule has 3 aromatic rings. The molecule has 37 heavy (non-hydrogen) atoms. The van der Waals surface area contributed by atoms with E-state index in [0.29, 0.717) is 18.8 Å². The van der Waals surface area contributed by atoms with Crippen LogP contribution in [0.2, 0.25) is 0 Å². The van der Waals surface area contributed by atoms with Crippen LogP contribution in [0.5, 0.6) is 0 Å². The molecule has 0 amide bonds. The summed E-state index contributed by atoms with van der Waals surface area (Å²) in [6.07, 6.45) is 2.37. The molecule has 2 aromatic carbocycles. The number of aromatic nitrogens is 1. The van der Waals surface area contributed by atoms with Crippen molar-refractivity contribution < 1.29 is 17.9 Å². The van der Waals surface area contributed by atoms with Crippen LogP contribution in [0.4, 0.5) is 13.2 Å². The highest BCUT2D eigenvalue weighted by Gasteiger charge is 2.36. The van der Waals surface area contributed by atoms with E-state index in [9.17, 15) is 23.2 Å². The zero-order valence-corrected chi connectivity index (χ0v) is 21.4. The molecule has 0 aliphatic carbocycles. The smallest absolute Gasteiger partial charge is 0.377 e. The van der Waals surface area contributed by atoms with Gasteiger partial charge in [-0.25, -0.2) is 0 Å². The highest BCUT2D eigenvalue weighted by molar-refractivity contribution is 5.63. The Labute approximate surface area is 216 Å². The average Bonchev–Trinajstić information content (AvgIpc) is 2.87. The number of rotatable bonds is 12. The maximum atomic E-state index is 13.7. The van der Waals surface area contributed by atoms with E-state index in [1.807, 2.05) is 37.3 Å². The van der Waals surface area contributed by atoms with Crippen molar-refractivity contribution in [3.63, 3.8) is 0 Å². The van der Waals surface area contributed by atoms with Crippen LogP contribution in [0.3, 0.4) is 0 Å². The lowest BCUT2D eigenvalue weighted by atomic mass is 10.0. The largest absolute Gasteiger partial charge is 0.417 e. The van der Waals surface area contributed by atoms with Crippen LogP contribution in [-0.2, 0) is 24.1 Å². The molecule has 0 atom stereocenters. The van der Waals surface area contributed by atoms with Crippen molar-refractivity contribution in [2.45, 2.75) is 71.7 Å². The van der Waals surface area contributed by atoms with Gasteiger partial charge in [0.15, 0.2) is 0 Å². The maximum Gasteiger partial charge on any atom is 0.417 e. The zero-order chi connectivity index (χ0) is 26.8. The van der Waals surface area contributed by atoms with E-state index in [1.165, 1.54) is 36.3 Å². The summed E-state index contributed by atoms with van der Waals surface area (Å²) in [5, 5.41) is 9.39. The highest BCUT2D eigenvalue weighted by atomic mass is 19.4. The van der Waals surface area contributed by atoms with Crippen LogP contribution >= 0.6 is 0 Å². The summed E-state index contributed by atoms with van der Waals surface area (Å²) in [6.45, 7) is 5.23. The first-order chi connectivity index (χ1) is 17.7. The van der Waals surface area contributed by atoms with E-state index >= 15 is 0 Å². The second-order valence-electron chi connectivity index (χ2n) is 9.33. The van der Waals surface area contributed by atoms with E-state index in [4.69, 9.17) is 4.74 Å². The van der Waals surface area contributed by atoms with E-state index < -0.39 is 22.9 Å². The molecule has 0 saturated heterocycles. The molecule has 0 unspecified atom stereocenters. The number of hydrogen-bond acceptors (Lipinski definition) is 3. The van der Waals surface area contributed by atoms with Gasteiger partial charge in [0.25, 0.3) is 5.56 Å². The van der Waals surface area contributed by atoms with Gasteiger partial charge >= 0.3 is 6.18 Å². The first kappa shape index (κ1) is 28.2. The monoisotopic (exact) mass is 510 g/mol. The predicted molar refractivity (Wildman–Crippen MR) is 139 cm³/mol. The summed E-state index contributed by atoms with van der Waals surface area (Å²) in [7, 11) is 0. The average molecular weight is 511 g/mol. The van der Waals surface area contributed by atoms with E-state index in [1.54, 1.807) is 18.2 Å². The number of aryl methyl sites for hydroxylation is 1. The molecule has 196 valence electrons. The number of benzene rings is 2. The normalized spacial score (nSPS) is 11.5. The van der Waals surface area contributed by atoms with Crippen molar-refractivity contribution in [3.05, 3.63) is 92.8 Å². The third kappa shape index (κ3) is 7.80. The predicted octanol–water partition coefficient (Wildman–Crippen LogP) is 7.64. The Kier molecular flexibility index (Phi) is 10.1. The molecule has 7 heteroatoms. The molecule has 0 radical (unpaired) electrons. The second-order valence-corrected chi connectivity index (χ2v) is 9.33. The van der Waals surface area contributed by atoms with Crippen molar-refractivity contribution in [2.75, 3.05) is 6.61 Å². The number of nitrogens with zero attached hydrogens (tertiary/aromatic N) is 2. The van der Waals surface area contributed by atoms with Crippen LogP contribution in [0, 0.1) is 18.3 Å². The number of unbranched alkanes of at least 4 members (excludes halogenated alkanes) is 5. The van der Waals surface area contributed by atoms with Gasteiger partial charge in [-0.1, -0.05) is 87.1 Å². The number of halogens is 3. The molecule has 0 saturated carbocycles. The fraction of sp³-hybridized carbons (Fsp3) is 0.400. The third-order valence-corrected chi connectivity index (χ3v) is 6.31. The van der Waals surface area contributed by atoms with Gasteiger partial charge in [-0.2, -0.15) is 18.4 Å². The molecule has 4 nitrogen and oxygen atoms in total. The van der Waals surface area contributed by atoms with E-state index in [-0.39, 0.29) is 12.2 Å². The summed E-state index contributed by atoms with van der Waals surface area (Å²) in [5.74, 6) is 0. The third-order valence-electron chi connectivity index (χ3n) is 6.31. The Morgan fingerprint density at radius 3 is 2.27 bits per heavy atom. The molecule has 3 rings (SSSR count). The van der Waals surface area contributed by atoms with E-state index in [2.05, 4.69) is 6.92 Å². The van der Waals surface area contributed by atoms with Crippen LogP contribution in [0.1, 0.15) is 73.3 Å². The zero-order valence-electron chi connectivity index (χ0n) is 21.4. The summed E-state index contributed by atoms with van der Waals surface area (Å²) in [4.78, 5) is 13.1. The number of ether oxygens (including phenoxy) is 1. The van der Waals surface area contributed by atoms with Crippen molar-refractivity contribution in [3.8, 4) is 17.3 Å². The maximum absolute atomic E-state index is 13.7. The van der Waals surface area contributed by atoms with Gasteiger partial charge in [0.05, 0.1) is 24.4 Å². The second kappa shape index (κ2) is 13.3. The summed E-state index contributed by atoms with van der Waals surface area (Å²) in [6, 6.07) is 16.8. The minimum Gasteiger partial charge on any atom is -0.377 e. The number of pyridine rings is 1. The summed E-state index contributed by atoms with van der Waals surface area (Å²) >= 11 is 0. The number of alkyl halides is 3. The molecular formula is C30H33F3N2O2. The Morgan fingerprint density at radius 2 is 1.62 bits per heavy atom. The van der Waals surface area contributed by atoms with Crippen molar-refractivity contribution in [1.29, 1.82) is 5.26 Å². The first-order valence-electron chi connectivity index (χ1n) is 12.7. The molecule has 0 bridgehead atoms. The van der Waals surface area contributed by atoms with Crippen molar-refractivity contribution in [2.24, 2.45) is 0 Å². The molecule has 0 spiro atoms. The molecule has 1 aromatic heterocycles. The lowest BCUT2D eigenvalue weighted by Crippen LogP contribution is -2.28. The van der Waals surface area contributed by atoms with Crippen LogP contribution < -0.4 is 5.56 Å². The van der Waals surface area contributed by atoms with Crippen LogP contribution in [0.25, 0.3) is 11.3 Å². The lowest BCUT2D eigenvalue weighted by Gasteiger charge is -2.18. The lowest BCUT2D eigenvalue weighted by molar-refractivity contribution is -0.137. The van der Waals surface area contributed by atoms with Gasteiger partial charge in [0, 0.05) is 6.61 Å². The summed E-state index contributed by atoms with van der Waals surface area (Å²) < 4.78 is 48.1. The molecule has 0 fully saturated rings. The first-order valence-corrected chi connectivity index (χ1v) is 12.7. The fourth-order valence-corrected chi connectivity index (χ4v) is 4.28. The van der Waals surface area contributed by atoms with E-state index in [0.717, 1.165) is 35.6 Å². The minimum absolute atomic E-state index is 0.0355. The Bertz CT molecular complexity index is 1270. The molecule has 0 N–H and O–H groups in total. The molecule has 0 aliphatic heterocycles. The van der Waals surface area contributed by atoms with Crippen molar-refractivity contribution >= 4 is 0 Å². The van der Waals surface area contributed by atoms with Crippen LogP contribution in [-0.4, -0.2) is 11.2 Å². The summed E-state index contributed by atoms with van der Waals surface area (Å²) in [5.41, 5.74) is 0.0813. The SMILES string of the molecule is CCCCCCCCOCc1ccc(Cn2c(-c3cccc(C)c3)cc(C(F)(F)F)c(C#N)c2=O)cc1. The quantitative estimate of drug-likeness (QED) is 0.235. The van der Waals surface area contributed by atoms with Gasteiger partial charge in [0.2, 0.25) is 0 Å². The Hall–Kier alpha value is -3.37. The van der Waals surface area contributed by atoms with Gasteiger partial charge in [-0.3, -0.25) is 4.79 Å². The van der Waals surface area contributed by atoms with Gasteiger partial charge in [0.1, 0.15) is 11.6 Å². The van der Waals surface area contributed by atoms with Gasteiger partial charge in [-0.15, -0.1) is 0 Å². The fourth-order valence-electron chi connectivity index (χ4n) is 4.28. The van der Waals surface area contributed by atoms with Gasteiger partial charge in [-0.05, 0) is 42.2 Å².